The van der Waals surface area contributed by atoms with Gasteiger partial charge in [0.1, 0.15) is 0 Å². The summed E-state index contributed by atoms with van der Waals surface area (Å²) < 4.78 is 24.9. The second-order valence-corrected chi connectivity index (χ2v) is 8.11. The molecule has 1 unspecified atom stereocenters. The van der Waals surface area contributed by atoms with Crippen molar-refractivity contribution < 1.29 is 13.9 Å². The minimum absolute atomic E-state index is 0.0924. The molecule has 1 aliphatic rings. The molecular weight excluding hydrogens is 435 g/mol. The molecule has 1 atom stereocenters. The fourth-order valence-corrected chi connectivity index (χ4v) is 4.05. The van der Waals surface area contributed by atoms with E-state index in [2.05, 4.69) is 55.1 Å². The van der Waals surface area contributed by atoms with E-state index in [9.17, 15) is 4.39 Å². The summed E-state index contributed by atoms with van der Waals surface area (Å²) in [5.74, 6) is 1.07. The molecule has 1 fully saturated rings. The number of hydrogen-bond donors (Lipinski definition) is 3. The van der Waals surface area contributed by atoms with Gasteiger partial charge in [-0.3, -0.25) is 4.90 Å². The highest BCUT2D eigenvalue weighted by Crippen LogP contribution is 2.31. The largest absolute Gasteiger partial charge is 0.493 e. The molecule has 0 amide bonds. The number of ether oxygens (including phenoxy) is 2. The molecule has 1 aliphatic heterocycles. The highest BCUT2D eigenvalue weighted by atomic mass is 19.1. The first-order chi connectivity index (χ1) is 16.7. The maximum absolute atomic E-state index is 14.4. The lowest BCUT2D eigenvalue weighted by molar-refractivity contribution is 0.148. The second-order valence-electron chi connectivity index (χ2n) is 8.11. The molecule has 0 aliphatic carbocycles. The van der Waals surface area contributed by atoms with Crippen LogP contribution in [0.1, 0.15) is 12.0 Å². The van der Waals surface area contributed by atoms with E-state index in [4.69, 9.17) is 9.47 Å². The molecular formula is C25H31FN6O2. The highest BCUT2D eigenvalue weighted by Gasteiger charge is 2.22. The van der Waals surface area contributed by atoms with Crippen molar-refractivity contribution in [3.05, 3.63) is 66.1 Å². The molecule has 1 saturated heterocycles. The van der Waals surface area contributed by atoms with E-state index in [1.165, 1.54) is 11.8 Å². The molecule has 3 N–H and O–H groups in total. The molecule has 3 aromatic rings. The Bertz CT molecular complexity index is 1070. The van der Waals surface area contributed by atoms with Gasteiger partial charge in [0.05, 0.1) is 20.4 Å². The zero-order valence-electron chi connectivity index (χ0n) is 19.6. The lowest BCUT2D eigenvalue weighted by Gasteiger charge is -2.36. The van der Waals surface area contributed by atoms with Gasteiger partial charge in [-0.05, 0) is 24.1 Å². The number of halogens is 1. The van der Waals surface area contributed by atoms with E-state index in [1.54, 1.807) is 32.4 Å². The quantitative estimate of drug-likeness (QED) is 0.418. The minimum Gasteiger partial charge on any atom is -0.493 e. The van der Waals surface area contributed by atoms with Crippen LogP contribution in [-0.2, 0) is 6.54 Å². The van der Waals surface area contributed by atoms with Crippen molar-refractivity contribution in [3.8, 4) is 11.5 Å². The topological polar surface area (TPSA) is 83.6 Å². The number of anilines is 3. The van der Waals surface area contributed by atoms with E-state index in [1.807, 2.05) is 6.07 Å². The first kappa shape index (κ1) is 23.7. The number of piperazine rings is 1. The van der Waals surface area contributed by atoms with Crippen molar-refractivity contribution in [3.63, 3.8) is 0 Å². The van der Waals surface area contributed by atoms with Gasteiger partial charge < -0.3 is 25.4 Å². The van der Waals surface area contributed by atoms with Crippen LogP contribution in [0.2, 0.25) is 0 Å². The van der Waals surface area contributed by atoms with Crippen LogP contribution in [0.25, 0.3) is 0 Å². The molecule has 4 rings (SSSR count). The van der Waals surface area contributed by atoms with Crippen LogP contribution in [0.5, 0.6) is 11.5 Å². The molecule has 1 aromatic heterocycles. The Hall–Kier alpha value is -3.43. The highest BCUT2D eigenvalue weighted by molar-refractivity contribution is 5.62. The summed E-state index contributed by atoms with van der Waals surface area (Å²) in [5.41, 5.74) is 1.95. The summed E-state index contributed by atoms with van der Waals surface area (Å²) in [6.45, 7) is 4.54. The summed E-state index contributed by atoms with van der Waals surface area (Å²) in [5, 5.41) is 9.72. The maximum Gasteiger partial charge on any atom is 0.224 e. The third-order valence-electron chi connectivity index (χ3n) is 5.85. The summed E-state index contributed by atoms with van der Waals surface area (Å²) in [6.07, 6.45) is 2.08. The van der Waals surface area contributed by atoms with Gasteiger partial charge in [-0.2, -0.15) is 4.98 Å². The molecule has 180 valence electrons. The van der Waals surface area contributed by atoms with Gasteiger partial charge in [-0.15, -0.1) is 0 Å². The van der Waals surface area contributed by atoms with Crippen molar-refractivity contribution in [2.45, 2.75) is 19.0 Å². The molecule has 2 aromatic carbocycles. The number of benzene rings is 2. The van der Waals surface area contributed by atoms with E-state index in [0.717, 1.165) is 32.6 Å². The maximum atomic E-state index is 14.4. The van der Waals surface area contributed by atoms with Crippen LogP contribution in [0.4, 0.5) is 21.8 Å². The van der Waals surface area contributed by atoms with Gasteiger partial charge in [-0.25, -0.2) is 9.37 Å². The third kappa shape index (κ3) is 6.12. The van der Waals surface area contributed by atoms with E-state index in [0.29, 0.717) is 35.7 Å². The van der Waals surface area contributed by atoms with Gasteiger partial charge in [0.2, 0.25) is 5.95 Å². The molecule has 2 heterocycles. The number of aromatic nitrogens is 2. The Morgan fingerprint density at radius 2 is 1.94 bits per heavy atom. The summed E-state index contributed by atoms with van der Waals surface area (Å²) in [4.78, 5) is 10.9. The van der Waals surface area contributed by atoms with E-state index < -0.39 is 5.82 Å². The number of nitrogens with one attached hydrogen (secondary N) is 3. The number of hydrogen-bond acceptors (Lipinski definition) is 8. The summed E-state index contributed by atoms with van der Waals surface area (Å²) >= 11 is 0. The zero-order valence-corrected chi connectivity index (χ0v) is 19.6. The normalized spacial score (nSPS) is 16.1. The molecule has 0 saturated carbocycles. The van der Waals surface area contributed by atoms with Crippen molar-refractivity contribution in [1.29, 1.82) is 0 Å². The average Bonchev–Trinajstić information content (AvgIpc) is 2.87. The summed E-state index contributed by atoms with van der Waals surface area (Å²) in [6, 6.07) is 16.2. The number of methoxy groups -OCH3 is 2. The van der Waals surface area contributed by atoms with Crippen LogP contribution >= 0.6 is 0 Å². The Kier molecular flexibility index (Phi) is 8.11. The first-order valence-corrected chi connectivity index (χ1v) is 11.4. The lowest BCUT2D eigenvalue weighted by Crippen LogP contribution is -2.51. The fraction of sp³-hybridized carbons (Fsp3) is 0.360. The predicted molar refractivity (Wildman–Crippen MR) is 131 cm³/mol. The van der Waals surface area contributed by atoms with Gasteiger partial charge in [0.25, 0.3) is 0 Å². The molecule has 9 heteroatoms. The predicted octanol–water partition coefficient (Wildman–Crippen LogP) is 3.65. The van der Waals surface area contributed by atoms with Gasteiger partial charge in [0.15, 0.2) is 23.1 Å². The Labute approximate surface area is 199 Å². The van der Waals surface area contributed by atoms with Crippen molar-refractivity contribution in [2.24, 2.45) is 0 Å². The van der Waals surface area contributed by atoms with Crippen molar-refractivity contribution in [2.75, 3.05) is 51.0 Å². The Morgan fingerprint density at radius 1 is 1.12 bits per heavy atom. The zero-order chi connectivity index (χ0) is 23.8. The Balaban J connectivity index is 1.35. The monoisotopic (exact) mass is 466 g/mol. The van der Waals surface area contributed by atoms with Crippen LogP contribution in [-0.4, -0.2) is 61.3 Å². The minimum atomic E-state index is -0.536. The molecule has 8 nitrogen and oxygen atoms in total. The molecule has 0 radical (unpaired) electrons. The molecule has 0 spiro atoms. The standard InChI is InChI=1S/C25H31FN6O2/c1-33-22-9-8-19(14-23(22)34-2)30-24-21(26)16-29-25(31-24)28-11-10-20-15-27-12-13-32(20)17-18-6-4-3-5-7-18/h3-9,14,16,20,27H,10-13,15,17H2,1-2H3,(H2,28,29,30,31). The molecule has 34 heavy (non-hydrogen) atoms. The van der Waals surface area contributed by atoms with Crippen LogP contribution in [0.3, 0.4) is 0 Å². The van der Waals surface area contributed by atoms with E-state index in [-0.39, 0.29) is 5.82 Å². The van der Waals surface area contributed by atoms with Gasteiger partial charge >= 0.3 is 0 Å². The second kappa shape index (κ2) is 11.6. The molecule has 0 bridgehead atoms. The smallest absolute Gasteiger partial charge is 0.224 e. The number of rotatable bonds is 10. The number of nitrogens with zero attached hydrogens (tertiary/aromatic N) is 3. The average molecular weight is 467 g/mol. The third-order valence-corrected chi connectivity index (χ3v) is 5.85. The fourth-order valence-electron chi connectivity index (χ4n) is 4.05. The lowest BCUT2D eigenvalue weighted by atomic mass is 10.1. The van der Waals surface area contributed by atoms with E-state index >= 15 is 0 Å². The van der Waals surface area contributed by atoms with Crippen molar-refractivity contribution in [1.82, 2.24) is 20.2 Å². The van der Waals surface area contributed by atoms with Crippen LogP contribution in [0, 0.1) is 5.82 Å². The first-order valence-electron chi connectivity index (χ1n) is 11.4. The summed E-state index contributed by atoms with van der Waals surface area (Å²) in [7, 11) is 3.12. The van der Waals surface area contributed by atoms with Gasteiger partial charge in [0, 0.05) is 50.5 Å². The van der Waals surface area contributed by atoms with Crippen molar-refractivity contribution >= 4 is 17.5 Å². The van der Waals surface area contributed by atoms with Gasteiger partial charge in [-0.1, -0.05) is 30.3 Å². The van der Waals surface area contributed by atoms with Crippen LogP contribution in [0.15, 0.2) is 54.7 Å². The van der Waals surface area contributed by atoms with Crippen LogP contribution < -0.4 is 25.4 Å². The SMILES string of the molecule is COc1ccc(Nc2nc(NCCC3CNCCN3Cc3ccccc3)ncc2F)cc1OC. The Morgan fingerprint density at radius 3 is 2.74 bits per heavy atom.